The summed E-state index contributed by atoms with van der Waals surface area (Å²) in [7, 11) is 0. The van der Waals surface area contributed by atoms with E-state index in [4.69, 9.17) is 15.7 Å². The molecular weight excluding hydrogens is 176 g/mol. The molecule has 0 aromatic heterocycles. The van der Waals surface area contributed by atoms with Gasteiger partial charge in [0.05, 0.1) is 18.2 Å². The number of nitriles is 1. The molecule has 0 aliphatic carbocycles. The molecule has 3 heteroatoms. The first-order chi connectivity index (χ1) is 6.72. The smallest absolute Gasteiger partial charge is 0.124 e. The molecule has 0 bridgehead atoms. The fourth-order valence-corrected chi connectivity index (χ4v) is 1.68. The van der Waals surface area contributed by atoms with Gasteiger partial charge in [-0.05, 0) is 24.6 Å². The Hall–Kier alpha value is -1.53. The highest BCUT2D eigenvalue weighted by atomic mass is 16.5. The molecule has 14 heavy (non-hydrogen) atoms. The van der Waals surface area contributed by atoms with Crippen LogP contribution in [0.5, 0.6) is 5.75 Å². The maximum atomic E-state index is 8.87. The summed E-state index contributed by atoms with van der Waals surface area (Å²) < 4.78 is 5.48. The summed E-state index contributed by atoms with van der Waals surface area (Å²) >= 11 is 0. The van der Waals surface area contributed by atoms with E-state index in [2.05, 4.69) is 6.07 Å². The van der Waals surface area contributed by atoms with Crippen molar-refractivity contribution in [2.24, 2.45) is 5.73 Å². The molecule has 72 valence electrons. The molecule has 0 saturated carbocycles. The highest BCUT2D eigenvalue weighted by molar-refractivity contribution is 5.49. The largest absolute Gasteiger partial charge is 0.493 e. The number of aryl methyl sites for hydroxylation is 1. The Morgan fingerprint density at radius 3 is 3.07 bits per heavy atom. The Morgan fingerprint density at radius 1 is 1.57 bits per heavy atom. The standard InChI is InChI=1S/C11H12N2O/c1-7-4-11-9(5-8(7)6-12)10(13)2-3-14-11/h4-5,10H,2-3,13H2,1H3. The van der Waals surface area contributed by atoms with Crippen molar-refractivity contribution in [3.8, 4) is 11.8 Å². The number of fused-ring (bicyclic) bond motifs is 1. The minimum atomic E-state index is 0.00597. The van der Waals surface area contributed by atoms with Crippen molar-refractivity contribution in [3.63, 3.8) is 0 Å². The Kier molecular flexibility index (Phi) is 2.14. The fraction of sp³-hybridized carbons (Fsp3) is 0.364. The third kappa shape index (κ3) is 1.34. The molecule has 0 spiro atoms. The normalized spacial score (nSPS) is 19.4. The molecule has 2 N–H and O–H groups in total. The summed E-state index contributed by atoms with van der Waals surface area (Å²) in [5.41, 5.74) is 8.52. The molecule has 0 amide bonds. The quantitative estimate of drug-likeness (QED) is 0.673. The zero-order valence-corrected chi connectivity index (χ0v) is 8.08. The van der Waals surface area contributed by atoms with Crippen LogP contribution in [-0.4, -0.2) is 6.61 Å². The van der Waals surface area contributed by atoms with E-state index >= 15 is 0 Å². The first-order valence-electron chi connectivity index (χ1n) is 4.65. The van der Waals surface area contributed by atoms with E-state index in [0.717, 1.165) is 23.3 Å². The minimum Gasteiger partial charge on any atom is -0.493 e. The van der Waals surface area contributed by atoms with Gasteiger partial charge in [0, 0.05) is 18.0 Å². The van der Waals surface area contributed by atoms with Gasteiger partial charge in [-0.25, -0.2) is 0 Å². The topological polar surface area (TPSA) is 59.0 Å². The number of ether oxygens (including phenoxy) is 1. The van der Waals surface area contributed by atoms with Crippen molar-refractivity contribution in [2.45, 2.75) is 19.4 Å². The van der Waals surface area contributed by atoms with Gasteiger partial charge in [0.1, 0.15) is 5.75 Å². The number of rotatable bonds is 0. The summed E-state index contributed by atoms with van der Waals surface area (Å²) in [4.78, 5) is 0. The number of nitrogens with zero attached hydrogens (tertiary/aromatic N) is 1. The molecule has 1 aliphatic heterocycles. The molecule has 1 aromatic carbocycles. The number of hydrogen-bond donors (Lipinski definition) is 1. The van der Waals surface area contributed by atoms with E-state index in [-0.39, 0.29) is 6.04 Å². The van der Waals surface area contributed by atoms with Crippen LogP contribution < -0.4 is 10.5 Å². The lowest BCUT2D eigenvalue weighted by molar-refractivity contribution is 0.269. The Labute approximate surface area is 83.1 Å². The highest BCUT2D eigenvalue weighted by Gasteiger charge is 2.19. The first-order valence-corrected chi connectivity index (χ1v) is 4.65. The molecule has 2 rings (SSSR count). The van der Waals surface area contributed by atoms with E-state index in [1.54, 1.807) is 0 Å². The molecule has 3 nitrogen and oxygen atoms in total. The van der Waals surface area contributed by atoms with E-state index in [0.29, 0.717) is 12.2 Å². The van der Waals surface area contributed by atoms with Crippen LogP contribution in [0.4, 0.5) is 0 Å². The molecule has 1 atom stereocenters. The lowest BCUT2D eigenvalue weighted by Crippen LogP contribution is -2.20. The molecule has 0 fully saturated rings. The second-order valence-electron chi connectivity index (χ2n) is 3.56. The van der Waals surface area contributed by atoms with Crippen molar-refractivity contribution in [1.29, 1.82) is 5.26 Å². The molecule has 0 saturated heterocycles. The van der Waals surface area contributed by atoms with Crippen LogP contribution in [0.1, 0.15) is 29.2 Å². The third-order valence-corrected chi connectivity index (χ3v) is 2.56. The Morgan fingerprint density at radius 2 is 2.36 bits per heavy atom. The molecule has 1 unspecified atom stereocenters. The number of hydrogen-bond acceptors (Lipinski definition) is 3. The van der Waals surface area contributed by atoms with Crippen molar-refractivity contribution in [2.75, 3.05) is 6.61 Å². The van der Waals surface area contributed by atoms with Crippen LogP contribution in [0.2, 0.25) is 0 Å². The van der Waals surface area contributed by atoms with Gasteiger partial charge >= 0.3 is 0 Å². The second-order valence-corrected chi connectivity index (χ2v) is 3.56. The van der Waals surface area contributed by atoms with E-state index < -0.39 is 0 Å². The minimum absolute atomic E-state index is 0.00597. The number of benzene rings is 1. The molecule has 1 heterocycles. The third-order valence-electron chi connectivity index (χ3n) is 2.56. The van der Waals surface area contributed by atoms with Crippen molar-refractivity contribution in [3.05, 3.63) is 28.8 Å². The fourth-order valence-electron chi connectivity index (χ4n) is 1.68. The maximum Gasteiger partial charge on any atom is 0.124 e. The zero-order valence-electron chi connectivity index (χ0n) is 8.08. The monoisotopic (exact) mass is 188 g/mol. The van der Waals surface area contributed by atoms with Gasteiger partial charge < -0.3 is 10.5 Å². The van der Waals surface area contributed by atoms with Crippen LogP contribution >= 0.6 is 0 Å². The van der Waals surface area contributed by atoms with Crippen LogP contribution in [0.3, 0.4) is 0 Å². The van der Waals surface area contributed by atoms with Gasteiger partial charge in [0.15, 0.2) is 0 Å². The summed E-state index contributed by atoms with van der Waals surface area (Å²) in [6.07, 6.45) is 0.820. The van der Waals surface area contributed by atoms with E-state index in [9.17, 15) is 0 Å². The highest BCUT2D eigenvalue weighted by Crippen LogP contribution is 2.32. The summed E-state index contributed by atoms with van der Waals surface area (Å²) in [5, 5.41) is 8.87. The molecular formula is C11H12N2O. The van der Waals surface area contributed by atoms with Crippen LogP contribution in [-0.2, 0) is 0 Å². The van der Waals surface area contributed by atoms with Crippen molar-refractivity contribution in [1.82, 2.24) is 0 Å². The predicted molar refractivity (Wildman–Crippen MR) is 52.9 cm³/mol. The van der Waals surface area contributed by atoms with Gasteiger partial charge in [-0.2, -0.15) is 5.26 Å². The lowest BCUT2D eigenvalue weighted by atomic mass is 9.97. The van der Waals surface area contributed by atoms with Crippen LogP contribution in [0.15, 0.2) is 12.1 Å². The Balaban J connectivity index is 2.56. The van der Waals surface area contributed by atoms with Gasteiger partial charge in [-0.15, -0.1) is 0 Å². The van der Waals surface area contributed by atoms with Gasteiger partial charge in [0.2, 0.25) is 0 Å². The molecule has 1 aromatic rings. The van der Waals surface area contributed by atoms with E-state index in [1.807, 2.05) is 19.1 Å². The summed E-state index contributed by atoms with van der Waals surface area (Å²) in [5.74, 6) is 0.834. The first kappa shape index (κ1) is 9.04. The van der Waals surface area contributed by atoms with Gasteiger partial charge in [0.25, 0.3) is 0 Å². The second kappa shape index (κ2) is 3.32. The average Bonchev–Trinajstić information content (AvgIpc) is 2.17. The summed E-state index contributed by atoms with van der Waals surface area (Å²) in [6, 6.07) is 5.90. The van der Waals surface area contributed by atoms with Gasteiger partial charge in [-0.3, -0.25) is 0 Å². The van der Waals surface area contributed by atoms with Crippen molar-refractivity contribution < 1.29 is 4.74 Å². The van der Waals surface area contributed by atoms with Crippen LogP contribution in [0.25, 0.3) is 0 Å². The predicted octanol–water partition coefficient (Wildman–Crippen LogP) is 1.65. The maximum absolute atomic E-state index is 8.87. The van der Waals surface area contributed by atoms with Gasteiger partial charge in [-0.1, -0.05) is 0 Å². The average molecular weight is 188 g/mol. The SMILES string of the molecule is Cc1cc2c(cc1C#N)C(N)CCO2. The number of nitrogens with two attached hydrogens (primary N) is 1. The Bertz CT molecular complexity index is 406. The molecule has 1 aliphatic rings. The van der Waals surface area contributed by atoms with E-state index in [1.165, 1.54) is 0 Å². The zero-order chi connectivity index (χ0) is 10.1. The van der Waals surface area contributed by atoms with Crippen molar-refractivity contribution >= 4 is 0 Å². The lowest BCUT2D eigenvalue weighted by Gasteiger charge is -2.23. The van der Waals surface area contributed by atoms with Crippen LogP contribution in [0, 0.1) is 18.3 Å². The molecule has 0 radical (unpaired) electrons. The summed E-state index contributed by atoms with van der Waals surface area (Å²) in [6.45, 7) is 2.57.